The minimum atomic E-state index is -3.48. The molecule has 1 aliphatic heterocycles. The highest BCUT2D eigenvalue weighted by atomic mass is 32.2. The lowest BCUT2D eigenvalue weighted by Crippen LogP contribution is -2.51. The number of sulfonamides is 1. The third kappa shape index (κ3) is 5.36. The van der Waals surface area contributed by atoms with Gasteiger partial charge in [-0.25, -0.2) is 13.9 Å². The number of nitrogens with zero attached hydrogens (tertiary/aromatic N) is 2. The van der Waals surface area contributed by atoms with Gasteiger partial charge in [0, 0.05) is 26.2 Å². The van der Waals surface area contributed by atoms with Crippen LogP contribution in [0.15, 0.2) is 65.6 Å². The van der Waals surface area contributed by atoms with Crippen LogP contribution >= 0.6 is 0 Å². The van der Waals surface area contributed by atoms with Crippen LogP contribution in [0.2, 0.25) is 0 Å². The molecule has 1 N–H and O–H groups in total. The SMILES string of the molecule is O=C(CN1CCN(S(=O)(=O)c2ccccc2)CC1)NOCc1ccccc1. The van der Waals surface area contributed by atoms with Crippen LogP contribution in [0.5, 0.6) is 0 Å². The first-order valence-electron chi connectivity index (χ1n) is 8.78. The molecule has 1 heterocycles. The number of rotatable bonds is 7. The lowest BCUT2D eigenvalue weighted by Gasteiger charge is -2.33. The Labute approximate surface area is 159 Å². The summed E-state index contributed by atoms with van der Waals surface area (Å²) in [6, 6.07) is 18.0. The molecule has 1 amide bonds. The summed E-state index contributed by atoms with van der Waals surface area (Å²) in [5.41, 5.74) is 3.40. The van der Waals surface area contributed by atoms with E-state index in [4.69, 9.17) is 4.84 Å². The average Bonchev–Trinajstić information content (AvgIpc) is 2.70. The van der Waals surface area contributed by atoms with E-state index in [-0.39, 0.29) is 12.5 Å². The number of carbonyl (C=O) groups is 1. The zero-order valence-corrected chi connectivity index (χ0v) is 15.8. The third-order valence-electron chi connectivity index (χ3n) is 4.35. The first-order valence-corrected chi connectivity index (χ1v) is 10.2. The summed E-state index contributed by atoms with van der Waals surface area (Å²) in [4.78, 5) is 19.4. The van der Waals surface area contributed by atoms with Gasteiger partial charge in [-0.05, 0) is 17.7 Å². The van der Waals surface area contributed by atoms with E-state index in [9.17, 15) is 13.2 Å². The lowest BCUT2D eigenvalue weighted by atomic mass is 10.2. The highest BCUT2D eigenvalue weighted by Crippen LogP contribution is 2.17. The van der Waals surface area contributed by atoms with Gasteiger partial charge in [0.1, 0.15) is 0 Å². The van der Waals surface area contributed by atoms with Crippen molar-refractivity contribution >= 4 is 15.9 Å². The van der Waals surface area contributed by atoms with Crippen molar-refractivity contribution in [3.8, 4) is 0 Å². The Kier molecular flexibility index (Phi) is 6.57. The number of hydroxylamine groups is 1. The summed E-state index contributed by atoms with van der Waals surface area (Å²) in [7, 11) is -3.48. The molecule has 0 atom stereocenters. The Morgan fingerprint density at radius 3 is 2.15 bits per heavy atom. The molecule has 0 unspecified atom stereocenters. The van der Waals surface area contributed by atoms with Gasteiger partial charge in [0.2, 0.25) is 10.0 Å². The number of hydrogen-bond donors (Lipinski definition) is 1. The van der Waals surface area contributed by atoms with Gasteiger partial charge >= 0.3 is 0 Å². The van der Waals surface area contributed by atoms with Crippen molar-refractivity contribution in [1.29, 1.82) is 0 Å². The van der Waals surface area contributed by atoms with Crippen LogP contribution in [0.25, 0.3) is 0 Å². The Morgan fingerprint density at radius 2 is 1.52 bits per heavy atom. The molecule has 0 aromatic heterocycles. The molecule has 8 heteroatoms. The van der Waals surface area contributed by atoms with Gasteiger partial charge in [-0.15, -0.1) is 0 Å². The summed E-state index contributed by atoms with van der Waals surface area (Å²) < 4.78 is 26.7. The van der Waals surface area contributed by atoms with E-state index in [0.29, 0.717) is 37.7 Å². The van der Waals surface area contributed by atoms with E-state index in [2.05, 4.69) is 5.48 Å². The minimum absolute atomic E-state index is 0.175. The molecule has 2 aromatic carbocycles. The van der Waals surface area contributed by atoms with Crippen LogP contribution in [0, 0.1) is 0 Å². The largest absolute Gasteiger partial charge is 0.292 e. The molecule has 1 aliphatic rings. The van der Waals surface area contributed by atoms with Crippen molar-refractivity contribution in [2.45, 2.75) is 11.5 Å². The highest BCUT2D eigenvalue weighted by Gasteiger charge is 2.28. The monoisotopic (exact) mass is 389 g/mol. The second-order valence-corrected chi connectivity index (χ2v) is 8.23. The van der Waals surface area contributed by atoms with E-state index in [1.54, 1.807) is 30.3 Å². The van der Waals surface area contributed by atoms with Crippen molar-refractivity contribution in [1.82, 2.24) is 14.7 Å². The van der Waals surface area contributed by atoms with Gasteiger partial charge in [0.15, 0.2) is 0 Å². The molecular weight excluding hydrogens is 366 g/mol. The molecule has 0 saturated carbocycles. The fourth-order valence-electron chi connectivity index (χ4n) is 2.88. The molecule has 0 aliphatic carbocycles. The quantitative estimate of drug-likeness (QED) is 0.721. The zero-order valence-electron chi connectivity index (χ0n) is 15.0. The maximum absolute atomic E-state index is 12.6. The summed E-state index contributed by atoms with van der Waals surface area (Å²) in [5, 5.41) is 0. The molecule has 1 fully saturated rings. The van der Waals surface area contributed by atoms with Crippen LogP contribution in [0.3, 0.4) is 0 Å². The van der Waals surface area contributed by atoms with E-state index >= 15 is 0 Å². The van der Waals surface area contributed by atoms with E-state index in [1.807, 2.05) is 35.2 Å². The molecule has 3 rings (SSSR count). The Morgan fingerprint density at radius 1 is 0.926 bits per heavy atom. The summed E-state index contributed by atoms with van der Waals surface area (Å²) in [6.07, 6.45) is 0. The molecule has 1 saturated heterocycles. The van der Waals surface area contributed by atoms with Crippen molar-refractivity contribution in [3.63, 3.8) is 0 Å². The Bertz CT molecular complexity index is 836. The normalized spacial score (nSPS) is 16.1. The lowest BCUT2D eigenvalue weighted by molar-refractivity contribution is -0.136. The van der Waals surface area contributed by atoms with Crippen molar-refractivity contribution < 1.29 is 18.0 Å². The van der Waals surface area contributed by atoms with Crippen molar-refractivity contribution in [3.05, 3.63) is 66.2 Å². The summed E-state index contributed by atoms with van der Waals surface area (Å²) in [5.74, 6) is -0.245. The predicted molar refractivity (Wildman–Crippen MR) is 101 cm³/mol. The van der Waals surface area contributed by atoms with Crippen molar-refractivity contribution in [2.75, 3.05) is 32.7 Å². The number of carbonyl (C=O) groups excluding carboxylic acids is 1. The number of hydrogen-bond acceptors (Lipinski definition) is 5. The zero-order chi connectivity index (χ0) is 19.1. The minimum Gasteiger partial charge on any atom is -0.292 e. The smallest absolute Gasteiger partial charge is 0.257 e. The number of nitrogens with one attached hydrogen (secondary N) is 1. The number of benzene rings is 2. The van der Waals surface area contributed by atoms with Crippen LogP contribution in [0.1, 0.15) is 5.56 Å². The van der Waals surface area contributed by atoms with E-state index in [0.717, 1.165) is 5.56 Å². The number of piperazine rings is 1. The molecule has 0 bridgehead atoms. The summed E-state index contributed by atoms with van der Waals surface area (Å²) in [6.45, 7) is 2.19. The maximum atomic E-state index is 12.6. The van der Waals surface area contributed by atoms with E-state index in [1.165, 1.54) is 4.31 Å². The standard InChI is InChI=1S/C19H23N3O4S/c23-19(20-26-16-17-7-3-1-4-8-17)15-21-11-13-22(14-12-21)27(24,25)18-9-5-2-6-10-18/h1-10H,11-16H2,(H,20,23). The number of amides is 1. The first kappa shape index (κ1) is 19.5. The van der Waals surface area contributed by atoms with Crippen molar-refractivity contribution in [2.24, 2.45) is 0 Å². The molecule has 0 spiro atoms. The second-order valence-electron chi connectivity index (χ2n) is 6.29. The predicted octanol–water partition coefficient (Wildman–Crippen LogP) is 1.24. The van der Waals surface area contributed by atoms with Crippen LogP contribution in [-0.4, -0.2) is 56.3 Å². The Hall–Kier alpha value is -2.26. The van der Waals surface area contributed by atoms with Gasteiger partial charge in [-0.1, -0.05) is 48.5 Å². The molecule has 0 radical (unpaired) electrons. The second kappa shape index (κ2) is 9.09. The molecule has 27 heavy (non-hydrogen) atoms. The fourth-order valence-corrected chi connectivity index (χ4v) is 4.32. The highest BCUT2D eigenvalue weighted by molar-refractivity contribution is 7.89. The maximum Gasteiger partial charge on any atom is 0.257 e. The molecular formula is C19H23N3O4S. The van der Waals surface area contributed by atoms with Gasteiger partial charge in [-0.2, -0.15) is 4.31 Å². The third-order valence-corrected chi connectivity index (χ3v) is 6.26. The topological polar surface area (TPSA) is 79.0 Å². The molecule has 144 valence electrons. The molecule has 7 nitrogen and oxygen atoms in total. The van der Waals surface area contributed by atoms with Crippen LogP contribution in [0.4, 0.5) is 0 Å². The Balaban J connectivity index is 1.42. The van der Waals surface area contributed by atoms with Crippen LogP contribution in [-0.2, 0) is 26.3 Å². The van der Waals surface area contributed by atoms with Gasteiger partial charge < -0.3 is 0 Å². The molecule has 2 aromatic rings. The van der Waals surface area contributed by atoms with E-state index < -0.39 is 10.0 Å². The van der Waals surface area contributed by atoms with Gasteiger partial charge in [0.25, 0.3) is 5.91 Å². The van der Waals surface area contributed by atoms with Crippen LogP contribution < -0.4 is 5.48 Å². The average molecular weight is 389 g/mol. The fraction of sp³-hybridized carbons (Fsp3) is 0.316. The van der Waals surface area contributed by atoms with Gasteiger partial charge in [-0.3, -0.25) is 14.5 Å². The first-order chi connectivity index (χ1) is 13.1. The van der Waals surface area contributed by atoms with Gasteiger partial charge in [0.05, 0.1) is 18.0 Å². The summed E-state index contributed by atoms with van der Waals surface area (Å²) >= 11 is 0.